The van der Waals surface area contributed by atoms with Gasteiger partial charge in [-0.3, -0.25) is 9.59 Å². The molecule has 0 spiro atoms. The zero-order chi connectivity index (χ0) is 27.5. The molecule has 6 nitrogen and oxygen atoms in total. The summed E-state index contributed by atoms with van der Waals surface area (Å²) in [7, 11) is 1.62. The topological polar surface area (TPSA) is 67.9 Å². The second-order valence-electron chi connectivity index (χ2n) is 9.94. The molecule has 4 rings (SSSR count). The smallest absolute Gasteiger partial charge is 0.243 e. The van der Waals surface area contributed by atoms with E-state index in [1.807, 2.05) is 78.9 Å². The van der Waals surface area contributed by atoms with Crippen molar-refractivity contribution in [3.8, 4) is 11.5 Å². The van der Waals surface area contributed by atoms with Crippen LogP contribution in [0.25, 0.3) is 0 Å². The number of hydrogen-bond acceptors (Lipinski definition) is 4. The molecule has 3 aromatic rings. The Labute approximate surface area is 236 Å². The molecule has 0 aromatic heterocycles. The third-order valence-corrected chi connectivity index (χ3v) is 7.50. The third kappa shape index (κ3) is 8.49. The zero-order valence-electron chi connectivity index (χ0n) is 22.5. The van der Waals surface area contributed by atoms with Crippen molar-refractivity contribution in [1.82, 2.24) is 10.2 Å². The molecule has 0 aliphatic heterocycles. The Morgan fingerprint density at radius 3 is 2.31 bits per heavy atom. The molecule has 0 heterocycles. The molecular formula is C32H37ClN2O4. The quantitative estimate of drug-likeness (QED) is 0.258. The number of halogens is 1. The summed E-state index contributed by atoms with van der Waals surface area (Å²) in [5.41, 5.74) is 1.82. The number of amides is 2. The van der Waals surface area contributed by atoms with Crippen molar-refractivity contribution in [2.45, 2.75) is 63.6 Å². The van der Waals surface area contributed by atoms with Gasteiger partial charge in [-0.05, 0) is 60.7 Å². The van der Waals surface area contributed by atoms with Crippen LogP contribution >= 0.6 is 11.6 Å². The van der Waals surface area contributed by atoms with Crippen LogP contribution in [0.1, 0.15) is 49.7 Å². The highest BCUT2D eigenvalue weighted by atomic mass is 35.5. The lowest BCUT2D eigenvalue weighted by Crippen LogP contribution is -2.52. The zero-order valence-corrected chi connectivity index (χ0v) is 23.2. The van der Waals surface area contributed by atoms with Crippen molar-refractivity contribution in [2.24, 2.45) is 0 Å². The predicted molar refractivity (Wildman–Crippen MR) is 154 cm³/mol. The number of hydrogen-bond donors (Lipinski definition) is 1. The minimum atomic E-state index is -0.653. The summed E-state index contributed by atoms with van der Waals surface area (Å²) in [6.45, 7) is 0.642. The first-order valence-corrected chi connectivity index (χ1v) is 14.1. The van der Waals surface area contributed by atoms with Crippen molar-refractivity contribution in [3.63, 3.8) is 0 Å². The van der Waals surface area contributed by atoms with E-state index in [2.05, 4.69) is 5.32 Å². The van der Waals surface area contributed by atoms with Gasteiger partial charge in [0.25, 0.3) is 0 Å². The van der Waals surface area contributed by atoms with Crippen LogP contribution in [0.2, 0.25) is 5.02 Å². The molecule has 206 valence electrons. The second-order valence-corrected chi connectivity index (χ2v) is 10.3. The van der Waals surface area contributed by atoms with Gasteiger partial charge in [0.05, 0.1) is 13.7 Å². The molecule has 1 N–H and O–H groups in total. The number of carbonyl (C=O) groups excluding carboxylic acids is 2. The maximum absolute atomic E-state index is 13.8. The van der Waals surface area contributed by atoms with E-state index in [-0.39, 0.29) is 30.8 Å². The fourth-order valence-corrected chi connectivity index (χ4v) is 5.16. The number of benzene rings is 3. The van der Waals surface area contributed by atoms with E-state index in [0.29, 0.717) is 30.2 Å². The maximum Gasteiger partial charge on any atom is 0.243 e. The number of carbonyl (C=O) groups is 2. The van der Waals surface area contributed by atoms with Gasteiger partial charge >= 0.3 is 0 Å². The Morgan fingerprint density at radius 1 is 0.949 bits per heavy atom. The van der Waals surface area contributed by atoms with Crippen LogP contribution in [0, 0.1) is 0 Å². The van der Waals surface area contributed by atoms with Gasteiger partial charge in [-0.15, -0.1) is 0 Å². The van der Waals surface area contributed by atoms with E-state index in [1.54, 1.807) is 12.0 Å². The van der Waals surface area contributed by atoms with E-state index in [4.69, 9.17) is 21.1 Å². The van der Waals surface area contributed by atoms with E-state index in [9.17, 15) is 9.59 Å². The Hall–Kier alpha value is -3.51. The Bertz CT molecular complexity index is 1200. The fourth-order valence-electron chi connectivity index (χ4n) is 4.96. The van der Waals surface area contributed by atoms with Crippen molar-refractivity contribution < 1.29 is 19.1 Å². The monoisotopic (exact) mass is 548 g/mol. The first kappa shape index (κ1) is 28.5. The summed E-state index contributed by atoms with van der Waals surface area (Å²) in [5, 5.41) is 3.81. The minimum absolute atomic E-state index is 0.101. The minimum Gasteiger partial charge on any atom is -0.497 e. The van der Waals surface area contributed by atoms with Crippen LogP contribution in [-0.2, 0) is 22.6 Å². The fraction of sp³-hybridized carbons (Fsp3) is 0.375. The van der Waals surface area contributed by atoms with Crippen LogP contribution in [0.4, 0.5) is 0 Å². The van der Waals surface area contributed by atoms with Gasteiger partial charge < -0.3 is 19.7 Å². The maximum atomic E-state index is 13.8. The molecule has 1 atom stereocenters. The number of rotatable bonds is 13. The molecule has 0 unspecified atom stereocenters. The lowest BCUT2D eigenvalue weighted by molar-refractivity contribution is -0.141. The Morgan fingerprint density at radius 2 is 1.62 bits per heavy atom. The average Bonchev–Trinajstić information content (AvgIpc) is 3.47. The molecule has 2 amide bonds. The van der Waals surface area contributed by atoms with Gasteiger partial charge in [0.2, 0.25) is 11.8 Å². The SMILES string of the molecule is COc1ccc(OCCCC(=O)N(Cc2ccccc2Cl)[C@H](Cc2ccccc2)C(=O)NC2CCCC2)cc1. The van der Waals surface area contributed by atoms with Crippen LogP contribution in [-0.4, -0.2) is 42.5 Å². The number of nitrogens with one attached hydrogen (secondary N) is 1. The molecular weight excluding hydrogens is 512 g/mol. The molecule has 0 radical (unpaired) electrons. The van der Waals surface area contributed by atoms with Crippen molar-refractivity contribution in [2.75, 3.05) is 13.7 Å². The van der Waals surface area contributed by atoms with Crippen molar-refractivity contribution in [1.29, 1.82) is 0 Å². The predicted octanol–water partition coefficient (Wildman–Crippen LogP) is 6.21. The van der Waals surface area contributed by atoms with E-state index < -0.39 is 6.04 Å². The van der Waals surface area contributed by atoms with Crippen LogP contribution in [0.15, 0.2) is 78.9 Å². The second kappa shape index (κ2) is 14.6. The standard InChI is InChI=1S/C32H37ClN2O4/c1-38-27-17-19-28(20-18-27)39-21-9-16-31(36)35(23-25-12-5-8-15-29(25)33)30(22-24-10-3-2-4-11-24)32(37)34-26-13-6-7-14-26/h2-5,8,10-12,15,17-20,26,30H,6-7,9,13-14,16,21-23H2,1H3,(H,34,37)/t30-/m1/s1. The molecule has 39 heavy (non-hydrogen) atoms. The summed E-state index contributed by atoms with van der Waals surface area (Å²) in [6.07, 6.45) is 5.39. The molecule has 0 bridgehead atoms. The van der Waals surface area contributed by atoms with Gasteiger partial charge in [-0.1, -0.05) is 73.0 Å². The van der Waals surface area contributed by atoms with Crippen molar-refractivity contribution >= 4 is 23.4 Å². The lowest BCUT2D eigenvalue weighted by atomic mass is 10.0. The summed E-state index contributed by atoms with van der Waals surface area (Å²) >= 11 is 6.50. The first-order valence-electron chi connectivity index (χ1n) is 13.7. The average molecular weight is 549 g/mol. The third-order valence-electron chi connectivity index (χ3n) is 7.13. The Kier molecular flexibility index (Phi) is 10.7. The summed E-state index contributed by atoms with van der Waals surface area (Å²) < 4.78 is 11.0. The normalized spacial score (nSPS) is 14.0. The molecule has 1 aliphatic rings. The molecule has 3 aromatic carbocycles. The summed E-state index contributed by atoms with van der Waals surface area (Å²) in [4.78, 5) is 29.2. The molecule has 1 fully saturated rings. The van der Waals surface area contributed by atoms with Gasteiger partial charge in [-0.2, -0.15) is 0 Å². The molecule has 0 saturated heterocycles. The van der Waals surface area contributed by atoms with Crippen LogP contribution < -0.4 is 14.8 Å². The highest BCUT2D eigenvalue weighted by Crippen LogP contribution is 2.23. The largest absolute Gasteiger partial charge is 0.497 e. The van der Waals surface area contributed by atoms with E-state index >= 15 is 0 Å². The molecule has 7 heteroatoms. The number of ether oxygens (including phenoxy) is 2. The Balaban J connectivity index is 1.50. The molecule has 1 aliphatic carbocycles. The van der Waals surface area contributed by atoms with Crippen LogP contribution in [0.3, 0.4) is 0 Å². The first-order chi connectivity index (χ1) is 19.0. The van der Waals surface area contributed by atoms with Gasteiger partial charge in [0, 0.05) is 30.5 Å². The highest BCUT2D eigenvalue weighted by molar-refractivity contribution is 6.31. The number of nitrogens with zero attached hydrogens (tertiary/aromatic N) is 1. The van der Waals surface area contributed by atoms with Gasteiger partial charge in [0.15, 0.2) is 0 Å². The highest BCUT2D eigenvalue weighted by Gasteiger charge is 2.32. The number of methoxy groups -OCH3 is 1. The van der Waals surface area contributed by atoms with E-state index in [0.717, 1.165) is 42.6 Å². The summed E-state index contributed by atoms with van der Waals surface area (Å²) in [6, 6.07) is 24.2. The summed E-state index contributed by atoms with van der Waals surface area (Å²) in [5.74, 6) is 1.26. The van der Waals surface area contributed by atoms with Gasteiger partial charge in [-0.25, -0.2) is 0 Å². The van der Waals surface area contributed by atoms with E-state index in [1.165, 1.54) is 0 Å². The van der Waals surface area contributed by atoms with Crippen LogP contribution in [0.5, 0.6) is 11.5 Å². The van der Waals surface area contributed by atoms with Crippen molar-refractivity contribution in [3.05, 3.63) is 95.0 Å². The van der Waals surface area contributed by atoms with Gasteiger partial charge in [0.1, 0.15) is 17.5 Å². The lowest BCUT2D eigenvalue weighted by Gasteiger charge is -2.32. The molecule has 1 saturated carbocycles.